The van der Waals surface area contributed by atoms with Gasteiger partial charge in [-0.25, -0.2) is 9.37 Å². The van der Waals surface area contributed by atoms with Gasteiger partial charge in [0.2, 0.25) is 0 Å². The minimum atomic E-state index is -0.365. The highest BCUT2D eigenvalue weighted by molar-refractivity contribution is 6.03. The molecular formula is C23H26FN7O2. The number of benzene rings is 1. The molecule has 4 N–H and O–H groups in total. The second-order valence-electron chi connectivity index (χ2n) is 8.43. The summed E-state index contributed by atoms with van der Waals surface area (Å²) in [6, 6.07) is 10.2. The number of pyridine rings is 1. The standard InChI is InChI=1S/C23H26FN7O2/c1-30-18(22-26-17-4-2-3-16(24)21(17)28-22)11-19(29-30)27-23(33)15-5-6-20(25-12-15)31-9-7-14(13-32)8-10-31/h2-6,11-12,14,22,26,28,32H,7-10,13H2,1H3,(H,27,29,33). The van der Waals surface area contributed by atoms with E-state index in [1.54, 1.807) is 42.2 Å². The van der Waals surface area contributed by atoms with Crippen LogP contribution in [0.1, 0.15) is 35.1 Å². The van der Waals surface area contributed by atoms with Crippen LogP contribution in [0, 0.1) is 11.7 Å². The van der Waals surface area contributed by atoms with Gasteiger partial charge in [-0.15, -0.1) is 0 Å². The number of aromatic nitrogens is 3. The predicted octanol–water partition coefficient (Wildman–Crippen LogP) is 2.95. The van der Waals surface area contributed by atoms with E-state index in [9.17, 15) is 14.3 Å². The molecule has 1 saturated heterocycles. The molecule has 0 bridgehead atoms. The summed E-state index contributed by atoms with van der Waals surface area (Å²) < 4.78 is 15.7. The maximum Gasteiger partial charge on any atom is 0.258 e. The number of piperidine rings is 1. The third-order valence-electron chi connectivity index (χ3n) is 6.26. The van der Waals surface area contributed by atoms with E-state index in [1.807, 2.05) is 6.07 Å². The number of aliphatic hydroxyl groups excluding tert-OH is 1. The van der Waals surface area contributed by atoms with E-state index < -0.39 is 0 Å². The number of carbonyl (C=O) groups is 1. The molecule has 3 aromatic rings. The lowest BCUT2D eigenvalue weighted by molar-refractivity contribution is 0.102. The van der Waals surface area contributed by atoms with Gasteiger partial charge in [0, 0.05) is 39.0 Å². The summed E-state index contributed by atoms with van der Waals surface area (Å²) in [7, 11) is 1.77. The predicted molar refractivity (Wildman–Crippen MR) is 124 cm³/mol. The van der Waals surface area contributed by atoms with Crippen molar-refractivity contribution >= 4 is 28.9 Å². The van der Waals surface area contributed by atoms with Crippen LogP contribution in [-0.4, -0.2) is 45.5 Å². The molecule has 1 aromatic carbocycles. The van der Waals surface area contributed by atoms with Crippen LogP contribution in [-0.2, 0) is 7.05 Å². The summed E-state index contributed by atoms with van der Waals surface area (Å²) >= 11 is 0. The molecule has 172 valence electrons. The van der Waals surface area contributed by atoms with Crippen LogP contribution >= 0.6 is 0 Å². The molecule has 0 spiro atoms. The largest absolute Gasteiger partial charge is 0.396 e. The number of carbonyl (C=O) groups excluding carboxylic acids is 1. The zero-order valence-electron chi connectivity index (χ0n) is 18.3. The lowest BCUT2D eigenvalue weighted by Crippen LogP contribution is -2.35. The average Bonchev–Trinajstić information content (AvgIpc) is 3.43. The molecule has 2 aliphatic heterocycles. The normalized spacial score (nSPS) is 17.9. The van der Waals surface area contributed by atoms with Gasteiger partial charge in [0.15, 0.2) is 5.82 Å². The molecule has 2 aliphatic rings. The van der Waals surface area contributed by atoms with Crippen molar-refractivity contribution < 1.29 is 14.3 Å². The number of halogens is 1. The fourth-order valence-electron chi connectivity index (χ4n) is 4.33. The van der Waals surface area contributed by atoms with Crippen molar-refractivity contribution in [3.8, 4) is 0 Å². The van der Waals surface area contributed by atoms with Crippen molar-refractivity contribution in [3.63, 3.8) is 0 Å². The zero-order valence-corrected chi connectivity index (χ0v) is 18.3. The molecule has 1 fully saturated rings. The number of aliphatic hydroxyl groups is 1. The summed E-state index contributed by atoms with van der Waals surface area (Å²) in [5.74, 6) is 0.949. The number of nitrogens with zero attached hydrogens (tertiary/aromatic N) is 4. The Balaban J connectivity index is 1.23. The summed E-state index contributed by atoms with van der Waals surface area (Å²) in [6.07, 6.45) is 3.07. The quantitative estimate of drug-likeness (QED) is 0.472. The van der Waals surface area contributed by atoms with Crippen molar-refractivity contribution in [1.82, 2.24) is 14.8 Å². The molecule has 5 rings (SSSR count). The minimum Gasteiger partial charge on any atom is -0.396 e. The van der Waals surface area contributed by atoms with Crippen LogP contribution in [0.3, 0.4) is 0 Å². The van der Waals surface area contributed by atoms with E-state index in [-0.39, 0.29) is 24.5 Å². The number of aryl methyl sites for hydroxylation is 1. The Labute approximate surface area is 190 Å². The van der Waals surface area contributed by atoms with E-state index in [1.165, 1.54) is 6.07 Å². The van der Waals surface area contributed by atoms with Crippen LogP contribution in [0.4, 0.5) is 27.4 Å². The van der Waals surface area contributed by atoms with Crippen molar-refractivity contribution in [2.75, 3.05) is 40.5 Å². The topological polar surface area (TPSA) is 107 Å². The van der Waals surface area contributed by atoms with Gasteiger partial charge in [0.1, 0.15) is 17.8 Å². The number of rotatable bonds is 5. The molecule has 1 amide bonds. The summed E-state index contributed by atoms with van der Waals surface area (Å²) in [6.45, 7) is 1.92. The highest BCUT2D eigenvalue weighted by Gasteiger charge is 2.27. The smallest absolute Gasteiger partial charge is 0.258 e. The monoisotopic (exact) mass is 451 g/mol. The Morgan fingerprint density at radius 1 is 1.24 bits per heavy atom. The van der Waals surface area contributed by atoms with Crippen LogP contribution in [0.15, 0.2) is 42.6 Å². The highest BCUT2D eigenvalue weighted by Crippen LogP contribution is 2.37. The molecule has 0 saturated carbocycles. The minimum absolute atomic E-state index is 0.228. The molecule has 9 nitrogen and oxygen atoms in total. The Kier molecular flexibility index (Phi) is 5.59. The molecule has 0 radical (unpaired) electrons. The molecule has 33 heavy (non-hydrogen) atoms. The lowest BCUT2D eigenvalue weighted by Gasteiger charge is -2.31. The first-order chi connectivity index (χ1) is 16.0. The van der Waals surface area contributed by atoms with Gasteiger partial charge in [0.25, 0.3) is 5.91 Å². The van der Waals surface area contributed by atoms with Gasteiger partial charge >= 0.3 is 0 Å². The van der Waals surface area contributed by atoms with Gasteiger partial charge in [-0.1, -0.05) is 6.07 Å². The van der Waals surface area contributed by atoms with Gasteiger partial charge < -0.3 is 26.0 Å². The Morgan fingerprint density at radius 2 is 2.06 bits per heavy atom. The number of hydrogen-bond acceptors (Lipinski definition) is 7. The summed E-state index contributed by atoms with van der Waals surface area (Å²) in [4.78, 5) is 19.3. The molecule has 4 heterocycles. The number of hydrogen-bond donors (Lipinski definition) is 4. The second-order valence-corrected chi connectivity index (χ2v) is 8.43. The Bertz CT molecular complexity index is 1160. The highest BCUT2D eigenvalue weighted by atomic mass is 19.1. The SMILES string of the molecule is Cn1nc(NC(=O)c2ccc(N3CCC(CO)CC3)nc2)cc1C1Nc2cccc(F)c2N1. The van der Waals surface area contributed by atoms with Crippen LogP contribution in [0.25, 0.3) is 0 Å². The van der Waals surface area contributed by atoms with E-state index >= 15 is 0 Å². The first kappa shape index (κ1) is 21.2. The Morgan fingerprint density at radius 3 is 2.76 bits per heavy atom. The van der Waals surface area contributed by atoms with Crippen molar-refractivity contribution in [2.24, 2.45) is 13.0 Å². The van der Waals surface area contributed by atoms with E-state index in [4.69, 9.17) is 0 Å². The van der Waals surface area contributed by atoms with Crippen LogP contribution in [0.2, 0.25) is 0 Å². The number of para-hydroxylation sites is 1. The van der Waals surface area contributed by atoms with Crippen molar-refractivity contribution in [1.29, 1.82) is 0 Å². The zero-order chi connectivity index (χ0) is 22.9. The van der Waals surface area contributed by atoms with E-state index in [0.717, 1.165) is 37.4 Å². The van der Waals surface area contributed by atoms with Gasteiger partial charge in [-0.05, 0) is 43.0 Å². The van der Waals surface area contributed by atoms with Crippen LogP contribution in [0.5, 0.6) is 0 Å². The molecular weight excluding hydrogens is 425 g/mol. The average molecular weight is 452 g/mol. The first-order valence-electron chi connectivity index (χ1n) is 11.0. The van der Waals surface area contributed by atoms with E-state index in [0.29, 0.717) is 28.7 Å². The maximum atomic E-state index is 14.0. The van der Waals surface area contributed by atoms with Gasteiger partial charge in [-0.3, -0.25) is 9.48 Å². The first-order valence-corrected chi connectivity index (χ1v) is 11.0. The molecule has 10 heteroatoms. The number of amides is 1. The van der Waals surface area contributed by atoms with Gasteiger partial charge in [0.05, 0.1) is 22.6 Å². The van der Waals surface area contributed by atoms with Gasteiger partial charge in [-0.2, -0.15) is 5.10 Å². The second kappa shape index (κ2) is 8.70. The number of anilines is 4. The maximum absolute atomic E-state index is 14.0. The third kappa shape index (κ3) is 4.21. The summed E-state index contributed by atoms with van der Waals surface area (Å²) in [5, 5.41) is 22.8. The van der Waals surface area contributed by atoms with E-state index in [2.05, 4.69) is 30.9 Å². The Hall–Kier alpha value is -3.66. The van der Waals surface area contributed by atoms with Crippen molar-refractivity contribution in [2.45, 2.75) is 19.0 Å². The lowest BCUT2D eigenvalue weighted by atomic mass is 9.98. The fraction of sp³-hybridized carbons (Fsp3) is 0.348. The molecule has 1 atom stereocenters. The summed E-state index contributed by atoms with van der Waals surface area (Å²) in [5.41, 5.74) is 2.28. The third-order valence-corrected chi connectivity index (χ3v) is 6.26. The number of nitrogens with one attached hydrogen (secondary N) is 3. The fourth-order valence-corrected chi connectivity index (χ4v) is 4.33. The molecule has 2 aromatic heterocycles. The molecule has 0 aliphatic carbocycles. The van der Waals surface area contributed by atoms with Crippen LogP contribution < -0.4 is 20.9 Å². The number of fused-ring (bicyclic) bond motifs is 1. The van der Waals surface area contributed by atoms with Crippen molar-refractivity contribution in [3.05, 3.63) is 59.7 Å². The molecule has 1 unspecified atom stereocenters.